The molecule has 3 aromatic rings. The van der Waals surface area contributed by atoms with Crippen LogP contribution in [0, 0.1) is 0 Å². The van der Waals surface area contributed by atoms with Crippen LogP contribution in [0.2, 0.25) is 0 Å². The van der Waals surface area contributed by atoms with Gasteiger partial charge in [-0.3, -0.25) is 0 Å². The third-order valence-electron chi connectivity index (χ3n) is 3.25. The second-order valence-corrected chi connectivity index (χ2v) is 4.73. The number of hydrogen-bond donors (Lipinski definition) is 1. The summed E-state index contributed by atoms with van der Waals surface area (Å²) in [6.07, 6.45) is 1.66. The first-order valence-corrected chi connectivity index (χ1v) is 6.93. The molecule has 0 amide bonds. The molecule has 8 nitrogen and oxygen atoms in total. The number of anilines is 1. The fourth-order valence-electron chi connectivity index (χ4n) is 2.16. The van der Waals surface area contributed by atoms with Crippen LogP contribution in [0.15, 0.2) is 53.6 Å². The minimum absolute atomic E-state index is 0.250. The predicted molar refractivity (Wildman–Crippen MR) is 82.9 cm³/mol. The van der Waals surface area contributed by atoms with Crippen molar-refractivity contribution in [2.24, 2.45) is 5.10 Å². The molecule has 2 heterocycles. The molecule has 0 atom stereocenters. The van der Waals surface area contributed by atoms with Gasteiger partial charge in [-0.2, -0.15) is 9.78 Å². The Morgan fingerprint density at radius 3 is 2.87 bits per heavy atom. The Balaban J connectivity index is 1.51. The van der Waals surface area contributed by atoms with Crippen LogP contribution in [0.25, 0.3) is 5.69 Å². The summed E-state index contributed by atoms with van der Waals surface area (Å²) in [5, 5.41) is 15.7. The van der Waals surface area contributed by atoms with Crippen LogP contribution in [-0.2, 0) is 0 Å². The summed E-state index contributed by atoms with van der Waals surface area (Å²) in [6.45, 7) is 0.250. The topological polar surface area (TPSA) is 86.5 Å². The van der Waals surface area contributed by atoms with Gasteiger partial charge in [-0.15, -0.1) is 0 Å². The van der Waals surface area contributed by atoms with Gasteiger partial charge in [0.1, 0.15) is 0 Å². The highest BCUT2D eigenvalue weighted by atomic mass is 16.7. The lowest BCUT2D eigenvalue weighted by atomic mass is 10.2. The fraction of sp³-hybridized carbons (Fsp3) is 0.0667. The summed E-state index contributed by atoms with van der Waals surface area (Å²) in [4.78, 5) is 0. The van der Waals surface area contributed by atoms with Crippen molar-refractivity contribution < 1.29 is 9.47 Å². The Morgan fingerprint density at radius 1 is 1.09 bits per heavy atom. The van der Waals surface area contributed by atoms with E-state index < -0.39 is 0 Å². The number of fused-ring (bicyclic) bond motifs is 1. The van der Waals surface area contributed by atoms with E-state index in [1.165, 1.54) is 0 Å². The van der Waals surface area contributed by atoms with E-state index in [2.05, 4.69) is 26.1 Å². The van der Waals surface area contributed by atoms with E-state index in [1.807, 2.05) is 48.5 Å². The first-order valence-electron chi connectivity index (χ1n) is 6.93. The summed E-state index contributed by atoms with van der Waals surface area (Å²) < 4.78 is 12.2. The quantitative estimate of drug-likeness (QED) is 0.584. The first-order chi connectivity index (χ1) is 11.4. The standard InChI is InChI=1S/C15H12N6O2/c1-2-4-12(5-3-1)21-15(18-19-20-21)17-16-9-11-6-7-13-14(8-11)23-10-22-13/h1-9H,10H2,(H,17,18,20)/b16-9+. The molecule has 0 radical (unpaired) electrons. The van der Waals surface area contributed by atoms with Gasteiger partial charge in [0, 0.05) is 0 Å². The summed E-state index contributed by atoms with van der Waals surface area (Å²) in [6, 6.07) is 15.2. The molecular weight excluding hydrogens is 296 g/mol. The van der Waals surface area contributed by atoms with Crippen LogP contribution in [-0.4, -0.2) is 33.2 Å². The molecular formula is C15H12N6O2. The molecule has 114 valence electrons. The summed E-state index contributed by atoms with van der Waals surface area (Å²) in [5.74, 6) is 1.87. The van der Waals surface area contributed by atoms with E-state index >= 15 is 0 Å². The predicted octanol–water partition coefficient (Wildman–Crippen LogP) is 1.84. The zero-order chi connectivity index (χ0) is 15.5. The van der Waals surface area contributed by atoms with Crippen molar-refractivity contribution in [2.75, 3.05) is 12.2 Å². The van der Waals surface area contributed by atoms with E-state index in [0.29, 0.717) is 11.7 Å². The van der Waals surface area contributed by atoms with Crippen LogP contribution in [0.5, 0.6) is 11.5 Å². The summed E-state index contributed by atoms with van der Waals surface area (Å²) in [5.41, 5.74) is 4.55. The van der Waals surface area contributed by atoms with Crippen LogP contribution < -0.4 is 14.9 Å². The second-order valence-electron chi connectivity index (χ2n) is 4.73. The Bertz CT molecular complexity index is 846. The summed E-state index contributed by atoms with van der Waals surface area (Å²) >= 11 is 0. The number of benzene rings is 2. The maximum atomic E-state index is 5.33. The number of nitrogens with one attached hydrogen (secondary N) is 1. The second kappa shape index (κ2) is 5.76. The van der Waals surface area contributed by atoms with E-state index in [0.717, 1.165) is 17.0 Å². The monoisotopic (exact) mass is 308 g/mol. The van der Waals surface area contributed by atoms with Crippen molar-refractivity contribution in [1.29, 1.82) is 0 Å². The lowest BCUT2D eigenvalue weighted by Crippen LogP contribution is -2.03. The Hall–Kier alpha value is -3.42. The maximum Gasteiger partial charge on any atom is 0.268 e. The minimum Gasteiger partial charge on any atom is -0.454 e. The van der Waals surface area contributed by atoms with E-state index in [1.54, 1.807) is 10.9 Å². The number of hydrazone groups is 1. The van der Waals surface area contributed by atoms with Crippen molar-refractivity contribution in [1.82, 2.24) is 20.2 Å². The lowest BCUT2D eigenvalue weighted by molar-refractivity contribution is 0.174. The number of hydrogen-bond acceptors (Lipinski definition) is 7. The van der Waals surface area contributed by atoms with Gasteiger partial charge in [-0.25, -0.2) is 5.43 Å². The smallest absolute Gasteiger partial charge is 0.268 e. The molecule has 0 saturated carbocycles. The average molecular weight is 308 g/mol. The molecule has 4 rings (SSSR count). The van der Waals surface area contributed by atoms with Gasteiger partial charge in [0.25, 0.3) is 5.95 Å². The number of rotatable bonds is 4. The van der Waals surface area contributed by atoms with Gasteiger partial charge < -0.3 is 9.47 Å². The molecule has 0 fully saturated rings. The molecule has 0 unspecified atom stereocenters. The molecule has 23 heavy (non-hydrogen) atoms. The number of tetrazole rings is 1. The van der Waals surface area contributed by atoms with E-state index in [4.69, 9.17) is 9.47 Å². The molecule has 8 heteroatoms. The van der Waals surface area contributed by atoms with Gasteiger partial charge in [0.15, 0.2) is 11.5 Å². The Labute approximate surface area is 131 Å². The number of para-hydroxylation sites is 1. The molecule has 0 spiro atoms. The van der Waals surface area contributed by atoms with Gasteiger partial charge in [-0.1, -0.05) is 23.3 Å². The highest BCUT2D eigenvalue weighted by Gasteiger charge is 2.12. The van der Waals surface area contributed by atoms with Gasteiger partial charge in [0.05, 0.1) is 11.9 Å². The van der Waals surface area contributed by atoms with E-state index in [9.17, 15) is 0 Å². The molecule has 0 aliphatic carbocycles. The molecule has 0 bridgehead atoms. The molecule has 1 aliphatic rings. The summed E-state index contributed by atoms with van der Waals surface area (Å²) in [7, 11) is 0. The van der Waals surface area contributed by atoms with Crippen molar-refractivity contribution in [3.8, 4) is 17.2 Å². The SMILES string of the molecule is C(=N\Nc1nnnn1-c1ccccc1)/c1ccc2c(c1)OCO2. The van der Waals surface area contributed by atoms with Crippen molar-refractivity contribution in [2.45, 2.75) is 0 Å². The van der Waals surface area contributed by atoms with Crippen molar-refractivity contribution in [3.63, 3.8) is 0 Å². The van der Waals surface area contributed by atoms with Crippen LogP contribution >= 0.6 is 0 Å². The van der Waals surface area contributed by atoms with Gasteiger partial charge >= 0.3 is 0 Å². The maximum absolute atomic E-state index is 5.33. The number of ether oxygens (including phenoxy) is 2. The minimum atomic E-state index is 0.250. The zero-order valence-corrected chi connectivity index (χ0v) is 12.0. The molecule has 1 aliphatic heterocycles. The third-order valence-corrected chi connectivity index (χ3v) is 3.25. The average Bonchev–Trinajstić information content (AvgIpc) is 3.24. The number of aromatic nitrogens is 4. The Morgan fingerprint density at radius 2 is 1.96 bits per heavy atom. The normalized spacial score (nSPS) is 12.7. The van der Waals surface area contributed by atoms with Crippen LogP contribution in [0.1, 0.15) is 5.56 Å². The van der Waals surface area contributed by atoms with Gasteiger partial charge in [-0.05, 0) is 46.3 Å². The molecule has 1 aromatic heterocycles. The largest absolute Gasteiger partial charge is 0.454 e. The van der Waals surface area contributed by atoms with Crippen LogP contribution in [0.3, 0.4) is 0 Å². The van der Waals surface area contributed by atoms with Crippen molar-refractivity contribution >= 4 is 12.2 Å². The fourth-order valence-corrected chi connectivity index (χ4v) is 2.16. The zero-order valence-electron chi connectivity index (χ0n) is 12.0. The lowest BCUT2D eigenvalue weighted by Gasteiger charge is -2.02. The molecule has 1 N–H and O–H groups in total. The highest BCUT2D eigenvalue weighted by molar-refractivity contribution is 5.81. The first kappa shape index (κ1) is 13.3. The van der Waals surface area contributed by atoms with Crippen molar-refractivity contribution in [3.05, 3.63) is 54.1 Å². The Kier molecular flexibility index (Phi) is 3.32. The number of nitrogens with zero attached hydrogens (tertiary/aromatic N) is 5. The molecule has 0 saturated heterocycles. The van der Waals surface area contributed by atoms with E-state index in [-0.39, 0.29) is 6.79 Å². The molecule has 2 aromatic carbocycles. The van der Waals surface area contributed by atoms with Gasteiger partial charge in [0.2, 0.25) is 6.79 Å². The highest BCUT2D eigenvalue weighted by Crippen LogP contribution is 2.31. The van der Waals surface area contributed by atoms with Crippen LogP contribution in [0.4, 0.5) is 5.95 Å². The third kappa shape index (κ3) is 2.69.